The Hall–Kier alpha value is -0.800. The summed E-state index contributed by atoms with van der Waals surface area (Å²) in [5.41, 5.74) is 7.61. The first-order chi connectivity index (χ1) is 7.84. The molecule has 0 aliphatic rings. The number of thiocarbonyl (C=S) groups is 1. The van der Waals surface area contributed by atoms with Gasteiger partial charge in [0.15, 0.2) is 0 Å². The van der Waals surface area contributed by atoms with Crippen LogP contribution in [0.3, 0.4) is 0 Å². The van der Waals surface area contributed by atoms with Gasteiger partial charge in [0, 0.05) is 29.4 Å². The smallest absolute Gasteiger partial charge is 0.106 e. The predicted octanol–water partition coefficient (Wildman–Crippen LogP) is 3.45. The minimum Gasteiger partial charge on any atom is -0.389 e. The molecule has 0 saturated carbocycles. The molecule has 0 bridgehead atoms. The zero-order chi connectivity index (χ0) is 13.2. The Kier molecular flexibility index (Phi) is 4.78. The quantitative estimate of drug-likeness (QED) is 0.850. The zero-order valence-electron chi connectivity index (χ0n) is 10.7. The molecule has 1 rings (SSSR count). The van der Waals surface area contributed by atoms with Crippen molar-refractivity contribution in [2.75, 3.05) is 11.9 Å². The summed E-state index contributed by atoms with van der Waals surface area (Å²) < 4.78 is 0. The molecule has 4 heteroatoms. The van der Waals surface area contributed by atoms with Crippen molar-refractivity contribution in [2.45, 2.75) is 26.8 Å². The monoisotopic (exact) mass is 270 g/mol. The van der Waals surface area contributed by atoms with Gasteiger partial charge in [-0.05, 0) is 31.0 Å². The van der Waals surface area contributed by atoms with E-state index in [0.717, 1.165) is 11.3 Å². The number of nitrogens with two attached hydrogens (primary N) is 1. The lowest BCUT2D eigenvalue weighted by atomic mass is 10.0. The van der Waals surface area contributed by atoms with Gasteiger partial charge >= 0.3 is 0 Å². The fraction of sp³-hybridized carbons (Fsp3) is 0.462. The number of anilines is 1. The van der Waals surface area contributed by atoms with Gasteiger partial charge in [0.1, 0.15) is 4.99 Å². The number of nitrogens with zero attached hydrogens (tertiary/aromatic N) is 1. The highest BCUT2D eigenvalue weighted by molar-refractivity contribution is 7.80. The summed E-state index contributed by atoms with van der Waals surface area (Å²) in [5, 5.41) is 0.697. The Morgan fingerprint density at radius 3 is 2.41 bits per heavy atom. The third kappa shape index (κ3) is 3.33. The molecule has 1 atom stereocenters. The molecule has 0 spiro atoms. The summed E-state index contributed by atoms with van der Waals surface area (Å²) in [5.74, 6) is 0.540. The van der Waals surface area contributed by atoms with E-state index in [4.69, 9.17) is 29.6 Å². The van der Waals surface area contributed by atoms with Crippen LogP contribution in [0.2, 0.25) is 5.02 Å². The topological polar surface area (TPSA) is 29.3 Å². The number of benzene rings is 1. The summed E-state index contributed by atoms with van der Waals surface area (Å²) in [7, 11) is 2.04. The molecule has 0 aliphatic heterocycles. The van der Waals surface area contributed by atoms with Crippen LogP contribution in [0, 0.1) is 5.92 Å². The molecule has 94 valence electrons. The molecule has 0 radical (unpaired) electrons. The van der Waals surface area contributed by atoms with Crippen molar-refractivity contribution in [2.24, 2.45) is 11.7 Å². The highest BCUT2D eigenvalue weighted by Crippen LogP contribution is 2.27. The van der Waals surface area contributed by atoms with Crippen LogP contribution in [0.25, 0.3) is 0 Å². The fourth-order valence-corrected chi connectivity index (χ4v) is 2.01. The molecule has 0 fully saturated rings. The second-order valence-electron chi connectivity index (χ2n) is 4.62. The predicted molar refractivity (Wildman–Crippen MR) is 80.0 cm³/mol. The largest absolute Gasteiger partial charge is 0.389 e. The lowest BCUT2D eigenvalue weighted by molar-refractivity contribution is 0.505. The molecule has 0 saturated heterocycles. The third-order valence-corrected chi connectivity index (χ3v) is 3.64. The van der Waals surface area contributed by atoms with E-state index in [0.29, 0.717) is 22.0 Å². The van der Waals surface area contributed by atoms with Gasteiger partial charge in [-0.3, -0.25) is 0 Å². The molecule has 2 nitrogen and oxygen atoms in total. The summed E-state index contributed by atoms with van der Waals surface area (Å²) in [4.78, 5) is 2.57. The first-order valence-electron chi connectivity index (χ1n) is 5.66. The van der Waals surface area contributed by atoms with E-state index in [9.17, 15) is 0 Å². The number of rotatable bonds is 4. The fourth-order valence-electron chi connectivity index (χ4n) is 1.67. The van der Waals surface area contributed by atoms with Crippen molar-refractivity contribution < 1.29 is 0 Å². The summed E-state index contributed by atoms with van der Waals surface area (Å²) in [6.07, 6.45) is 0. The van der Waals surface area contributed by atoms with Crippen LogP contribution in [0.4, 0.5) is 5.69 Å². The molecule has 1 aromatic rings. The molecule has 1 aromatic carbocycles. The highest BCUT2D eigenvalue weighted by atomic mass is 35.5. The van der Waals surface area contributed by atoms with Crippen LogP contribution in [-0.4, -0.2) is 18.1 Å². The standard InChI is InChI=1S/C13H19ClN2S/c1-8(2)9(3)16(4)12-7-10(14)5-6-11(12)13(15)17/h5-9H,1-4H3,(H2,15,17). The van der Waals surface area contributed by atoms with Gasteiger partial charge in [0.2, 0.25) is 0 Å². The van der Waals surface area contributed by atoms with E-state index in [1.807, 2.05) is 25.2 Å². The van der Waals surface area contributed by atoms with Crippen molar-refractivity contribution >= 4 is 34.5 Å². The van der Waals surface area contributed by atoms with Gasteiger partial charge < -0.3 is 10.6 Å². The van der Waals surface area contributed by atoms with Crippen molar-refractivity contribution in [1.82, 2.24) is 0 Å². The second-order valence-corrected chi connectivity index (χ2v) is 5.50. The average Bonchev–Trinajstić information content (AvgIpc) is 2.26. The van der Waals surface area contributed by atoms with E-state index in [1.165, 1.54) is 0 Å². The Morgan fingerprint density at radius 1 is 1.35 bits per heavy atom. The van der Waals surface area contributed by atoms with Crippen molar-refractivity contribution in [3.63, 3.8) is 0 Å². The number of hydrogen-bond donors (Lipinski definition) is 1. The Morgan fingerprint density at radius 2 is 1.94 bits per heavy atom. The zero-order valence-corrected chi connectivity index (χ0v) is 12.3. The van der Waals surface area contributed by atoms with Crippen LogP contribution in [0.5, 0.6) is 0 Å². The van der Waals surface area contributed by atoms with Crippen LogP contribution in [-0.2, 0) is 0 Å². The SMILES string of the molecule is CC(C)C(C)N(C)c1cc(Cl)ccc1C(N)=S. The average molecular weight is 271 g/mol. The molecular formula is C13H19ClN2S. The van der Waals surface area contributed by atoms with Crippen LogP contribution in [0.1, 0.15) is 26.3 Å². The molecule has 17 heavy (non-hydrogen) atoms. The van der Waals surface area contributed by atoms with E-state index >= 15 is 0 Å². The second kappa shape index (κ2) is 5.69. The normalized spacial score (nSPS) is 12.6. The first kappa shape index (κ1) is 14.3. The van der Waals surface area contributed by atoms with Gasteiger partial charge in [-0.15, -0.1) is 0 Å². The van der Waals surface area contributed by atoms with Crippen molar-refractivity contribution in [3.8, 4) is 0 Å². The maximum atomic E-state index is 6.04. The van der Waals surface area contributed by atoms with Gasteiger partial charge in [-0.2, -0.15) is 0 Å². The lowest BCUT2D eigenvalue weighted by Gasteiger charge is -2.31. The van der Waals surface area contributed by atoms with Crippen LogP contribution in [0.15, 0.2) is 18.2 Å². The van der Waals surface area contributed by atoms with Gasteiger partial charge in [0.05, 0.1) is 0 Å². The summed E-state index contributed by atoms with van der Waals surface area (Å²) in [6.45, 7) is 6.55. The molecule has 0 amide bonds. The molecule has 0 aliphatic carbocycles. The van der Waals surface area contributed by atoms with Gasteiger partial charge in [0.25, 0.3) is 0 Å². The van der Waals surface area contributed by atoms with Gasteiger partial charge in [-0.25, -0.2) is 0 Å². The Labute approximate surface area is 114 Å². The minimum atomic E-state index is 0.390. The van der Waals surface area contributed by atoms with E-state index < -0.39 is 0 Å². The lowest BCUT2D eigenvalue weighted by Crippen LogP contribution is -2.34. The summed E-state index contributed by atoms with van der Waals surface area (Å²) >= 11 is 11.1. The van der Waals surface area contributed by atoms with Crippen molar-refractivity contribution in [1.29, 1.82) is 0 Å². The Bertz CT molecular complexity index is 418. The number of hydrogen-bond acceptors (Lipinski definition) is 2. The molecule has 2 N–H and O–H groups in total. The van der Waals surface area contributed by atoms with E-state index in [1.54, 1.807) is 0 Å². The molecular weight excluding hydrogens is 252 g/mol. The molecule has 0 heterocycles. The van der Waals surface area contributed by atoms with Gasteiger partial charge in [-0.1, -0.05) is 37.7 Å². The van der Waals surface area contributed by atoms with E-state index in [2.05, 4.69) is 25.7 Å². The first-order valence-corrected chi connectivity index (χ1v) is 6.45. The van der Waals surface area contributed by atoms with E-state index in [-0.39, 0.29) is 0 Å². The van der Waals surface area contributed by atoms with Crippen LogP contribution < -0.4 is 10.6 Å². The highest BCUT2D eigenvalue weighted by Gasteiger charge is 2.17. The summed E-state index contributed by atoms with van der Waals surface area (Å²) in [6, 6.07) is 5.99. The number of halogens is 1. The minimum absolute atomic E-state index is 0.390. The maximum Gasteiger partial charge on any atom is 0.106 e. The molecule has 0 aromatic heterocycles. The van der Waals surface area contributed by atoms with Crippen LogP contribution >= 0.6 is 23.8 Å². The van der Waals surface area contributed by atoms with Crippen molar-refractivity contribution in [3.05, 3.63) is 28.8 Å². The Balaban J connectivity index is 3.19. The maximum absolute atomic E-state index is 6.04. The molecule has 1 unspecified atom stereocenters. The third-order valence-electron chi connectivity index (χ3n) is 3.18.